The Labute approximate surface area is 119 Å². The largest absolute Gasteiger partial charge is 0.493 e. The van der Waals surface area contributed by atoms with E-state index in [4.69, 9.17) is 18.9 Å². The number of para-hydroxylation sites is 1. The predicted octanol–water partition coefficient (Wildman–Crippen LogP) is 1.23. The lowest BCUT2D eigenvalue weighted by Gasteiger charge is -2.18. The van der Waals surface area contributed by atoms with Gasteiger partial charge in [0.2, 0.25) is 5.75 Å². The van der Waals surface area contributed by atoms with E-state index >= 15 is 0 Å². The zero-order valence-corrected chi connectivity index (χ0v) is 12.3. The zero-order valence-electron chi connectivity index (χ0n) is 12.3. The second-order valence-corrected chi connectivity index (χ2v) is 3.90. The van der Waals surface area contributed by atoms with Gasteiger partial charge in [-0.2, -0.15) is 0 Å². The number of methoxy groups -OCH3 is 2. The van der Waals surface area contributed by atoms with Crippen LogP contribution in [0.2, 0.25) is 0 Å². The highest BCUT2D eigenvalue weighted by Gasteiger charge is 2.20. The smallest absolute Gasteiger partial charge is 0.326 e. The van der Waals surface area contributed by atoms with Crippen molar-refractivity contribution in [1.82, 2.24) is 5.32 Å². The summed E-state index contributed by atoms with van der Waals surface area (Å²) in [5, 5.41) is 2.85. The summed E-state index contributed by atoms with van der Waals surface area (Å²) in [4.78, 5) is 11.7. The summed E-state index contributed by atoms with van der Waals surface area (Å²) in [6, 6.07) is 4.77. The maximum Gasteiger partial charge on any atom is 0.326 e. The zero-order chi connectivity index (χ0) is 15.0. The van der Waals surface area contributed by atoms with Crippen LogP contribution in [0.3, 0.4) is 0 Å². The minimum absolute atomic E-state index is 0.117. The number of hydrogen-bond donors (Lipinski definition) is 1. The molecule has 1 N–H and O–H groups in total. The molecule has 1 aromatic rings. The number of carbonyl (C=O) groups is 1. The van der Waals surface area contributed by atoms with Crippen molar-refractivity contribution in [3.05, 3.63) is 18.2 Å². The first kappa shape index (κ1) is 16.1. The molecule has 0 fully saturated rings. The van der Waals surface area contributed by atoms with Crippen LogP contribution in [-0.2, 0) is 9.53 Å². The lowest BCUT2D eigenvalue weighted by molar-refractivity contribution is -0.146. The predicted molar refractivity (Wildman–Crippen MR) is 74.5 cm³/mol. The van der Waals surface area contributed by atoms with Crippen molar-refractivity contribution in [3.8, 4) is 17.2 Å². The first-order valence-corrected chi connectivity index (χ1v) is 6.35. The van der Waals surface area contributed by atoms with E-state index < -0.39 is 6.04 Å². The molecule has 1 unspecified atom stereocenters. The highest BCUT2D eigenvalue weighted by Crippen LogP contribution is 2.36. The number of rotatable bonds is 8. The van der Waals surface area contributed by atoms with Gasteiger partial charge < -0.3 is 24.3 Å². The fourth-order valence-corrected chi connectivity index (χ4v) is 1.64. The topological polar surface area (TPSA) is 66.0 Å². The second-order valence-electron chi connectivity index (χ2n) is 3.90. The molecule has 6 nitrogen and oxygen atoms in total. The van der Waals surface area contributed by atoms with Crippen molar-refractivity contribution in [2.75, 3.05) is 34.5 Å². The Morgan fingerprint density at radius 3 is 2.30 bits per heavy atom. The average molecular weight is 283 g/mol. The molecule has 0 saturated carbocycles. The number of hydrogen-bond acceptors (Lipinski definition) is 6. The fourth-order valence-electron chi connectivity index (χ4n) is 1.64. The molecule has 0 aliphatic rings. The standard InChI is InChI=1S/C14H21NO5/c1-5-19-14(16)10(15-2)9-20-13-11(17-3)7-6-8-12(13)18-4/h6-8,10,15H,5,9H2,1-4H3. The first-order valence-electron chi connectivity index (χ1n) is 6.35. The minimum Gasteiger partial charge on any atom is -0.493 e. The van der Waals surface area contributed by atoms with Gasteiger partial charge in [-0.15, -0.1) is 0 Å². The van der Waals surface area contributed by atoms with Crippen molar-refractivity contribution >= 4 is 5.97 Å². The minimum atomic E-state index is -0.551. The lowest BCUT2D eigenvalue weighted by Crippen LogP contribution is -2.40. The highest BCUT2D eigenvalue weighted by atomic mass is 16.5. The van der Waals surface area contributed by atoms with Gasteiger partial charge in [0.25, 0.3) is 0 Å². The maximum atomic E-state index is 11.7. The van der Waals surface area contributed by atoms with Crippen molar-refractivity contribution < 1.29 is 23.7 Å². The van der Waals surface area contributed by atoms with E-state index in [0.29, 0.717) is 23.9 Å². The highest BCUT2D eigenvalue weighted by molar-refractivity contribution is 5.76. The molecule has 0 aromatic heterocycles. The summed E-state index contributed by atoms with van der Waals surface area (Å²) in [6.07, 6.45) is 0. The molecule has 0 radical (unpaired) electrons. The van der Waals surface area contributed by atoms with E-state index in [1.165, 1.54) is 0 Å². The number of likely N-dealkylation sites (N-methyl/N-ethyl adjacent to an activating group) is 1. The molecule has 0 aliphatic carbocycles. The molecule has 1 atom stereocenters. The van der Waals surface area contributed by atoms with Crippen molar-refractivity contribution in [2.24, 2.45) is 0 Å². The monoisotopic (exact) mass is 283 g/mol. The normalized spacial score (nSPS) is 11.6. The second kappa shape index (κ2) is 8.27. The first-order chi connectivity index (χ1) is 9.67. The molecule has 20 heavy (non-hydrogen) atoms. The van der Waals surface area contributed by atoms with Gasteiger partial charge in [-0.3, -0.25) is 4.79 Å². The van der Waals surface area contributed by atoms with Crippen molar-refractivity contribution in [3.63, 3.8) is 0 Å². The van der Waals surface area contributed by atoms with Gasteiger partial charge in [-0.25, -0.2) is 0 Å². The summed E-state index contributed by atoms with van der Waals surface area (Å²) >= 11 is 0. The summed E-state index contributed by atoms with van der Waals surface area (Å²) in [6.45, 7) is 2.20. The quantitative estimate of drug-likeness (QED) is 0.724. The van der Waals surface area contributed by atoms with Crippen LogP contribution in [0.5, 0.6) is 17.2 Å². The molecule has 0 aliphatic heterocycles. The van der Waals surface area contributed by atoms with Crippen molar-refractivity contribution in [2.45, 2.75) is 13.0 Å². The Kier molecular flexibility index (Phi) is 6.66. The van der Waals surface area contributed by atoms with E-state index in [1.54, 1.807) is 46.4 Å². The summed E-state index contributed by atoms with van der Waals surface area (Å²) in [7, 11) is 4.76. The number of carbonyl (C=O) groups excluding carboxylic acids is 1. The molecule has 112 valence electrons. The van der Waals surface area contributed by atoms with E-state index in [1.807, 2.05) is 0 Å². The van der Waals surface area contributed by atoms with Gasteiger partial charge in [0, 0.05) is 0 Å². The third-order valence-corrected chi connectivity index (χ3v) is 2.70. The number of esters is 1. The summed E-state index contributed by atoms with van der Waals surface area (Å²) < 4.78 is 21.1. The third-order valence-electron chi connectivity index (χ3n) is 2.70. The summed E-state index contributed by atoms with van der Waals surface area (Å²) in [5.74, 6) is 1.19. The lowest BCUT2D eigenvalue weighted by atomic mass is 10.3. The molecule has 0 bridgehead atoms. The van der Waals surface area contributed by atoms with Gasteiger partial charge >= 0.3 is 5.97 Å². The Morgan fingerprint density at radius 2 is 1.85 bits per heavy atom. The maximum absolute atomic E-state index is 11.7. The Bertz CT molecular complexity index is 413. The molecular weight excluding hydrogens is 262 g/mol. The summed E-state index contributed by atoms with van der Waals surface area (Å²) in [5.41, 5.74) is 0. The van der Waals surface area contributed by atoms with Gasteiger partial charge in [0.1, 0.15) is 12.6 Å². The van der Waals surface area contributed by atoms with Crippen molar-refractivity contribution in [1.29, 1.82) is 0 Å². The Morgan fingerprint density at radius 1 is 1.25 bits per heavy atom. The van der Waals surface area contributed by atoms with E-state index in [-0.39, 0.29) is 12.6 Å². The number of benzene rings is 1. The molecular formula is C14H21NO5. The van der Waals surface area contributed by atoms with Gasteiger partial charge in [-0.05, 0) is 26.1 Å². The average Bonchev–Trinajstić information content (AvgIpc) is 2.47. The fraction of sp³-hybridized carbons (Fsp3) is 0.500. The molecule has 0 spiro atoms. The van der Waals surface area contributed by atoms with Crippen LogP contribution in [0.1, 0.15) is 6.92 Å². The van der Waals surface area contributed by atoms with E-state index in [0.717, 1.165) is 0 Å². The van der Waals surface area contributed by atoms with Gasteiger partial charge in [-0.1, -0.05) is 6.07 Å². The Hall–Kier alpha value is -1.95. The van der Waals surface area contributed by atoms with Crippen LogP contribution in [0.25, 0.3) is 0 Å². The van der Waals surface area contributed by atoms with Crippen LogP contribution >= 0.6 is 0 Å². The van der Waals surface area contributed by atoms with Crippen LogP contribution in [0.4, 0.5) is 0 Å². The van der Waals surface area contributed by atoms with Crippen LogP contribution < -0.4 is 19.5 Å². The van der Waals surface area contributed by atoms with Crippen LogP contribution in [-0.4, -0.2) is 46.5 Å². The molecule has 0 amide bonds. The molecule has 0 heterocycles. The Balaban J connectivity index is 2.79. The number of nitrogens with one attached hydrogen (secondary N) is 1. The SMILES string of the molecule is CCOC(=O)C(COc1c(OC)cccc1OC)NC. The third kappa shape index (κ3) is 4.03. The molecule has 0 saturated heterocycles. The van der Waals surface area contributed by atoms with Crippen LogP contribution in [0, 0.1) is 0 Å². The molecule has 6 heteroatoms. The van der Waals surface area contributed by atoms with Gasteiger partial charge in [0.15, 0.2) is 11.5 Å². The van der Waals surface area contributed by atoms with Gasteiger partial charge in [0.05, 0.1) is 20.8 Å². The molecule has 1 aromatic carbocycles. The molecule has 1 rings (SSSR count). The number of ether oxygens (including phenoxy) is 4. The van der Waals surface area contributed by atoms with E-state index in [9.17, 15) is 4.79 Å². The van der Waals surface area contributed by atoms with E-state index in [2.05, 4.69) is 5.32 Å². The van der Waals surface area contributed by atoms with Crippen LogP contribution in [0.15, 0.2) is 18.2 Å².